The standard InChI is InChI=1S/C22H21P/c1-4-17-12-13-20(23-3)15-22(17)21-14-19(11-10-16(21)2)18-8-6-5-7-9-18/h5-15H,3-4H2,1-2H3. The minimum Gasteiger partial charge on any atom is -0.0764 e. The van der Waals surface area contributed by atoms with Crippen LogP contribution >= 0.6 is 8.20 Å². The van der Waals surface area contributed by atoms with Gasteiger partial charge in [-0.25, -0.2) is 0 Å². The maximum Gasteiger partial charge on any atom is 0.00184 e. The van der Waals surface area contributed by atoms with Gasteiger partial charge in [-0.1, -0.05) is 76.0 Å². The van der Waals surface area contributed by atoms with Gasteiger partial charge in [0.2, 0.25) is 0 Å². The Balaban J connectivity index is 2.18. The van der Waals surface area contributed by atoms with Gasteiger partial charge in [0, 0.05) is 5.30 Å². The van der Waals surface area contributed by atoms with Gasteiger partial charge in [0.15, 0.2) is 0 Å². The van der Waals surface area contributed by atoms with Crippen molar-refractivity contribution in [3.8, 4) is 22.3 Å². The Morgan fingerprint density at radius 1 is 0.826 bits per heavy atom. The van der Waals surface area contributed by atoms with E-state index in [2.05, 4.69) is 86.9 Å². The average molecular weight is 316 g/mol. The summed E-state index contributed by atoms with van der Waals surface area (Å²) >= 11 is 0. The van der Waals surface area contributed by atoms with Gasteiger partial charge in [0.1, 0.15) is 0 Å². The Kier molecular flexibility index (Phi) is 4.74. The van der Waals surface area contributed by atoms with E-state index in [0.717, 1.165) is 14.6 Å². The molecular formula is C22H21P. The zero-order valence-corrected chi connectivity index (χ0v) is 14.6. The van der Waals surface area contributed by atoms with Crippen molar-refractivity contribution in [3.63, 3.8) is 0 Å². The second-order valence-corrected chi connectivity index (χ2v) is 6.58. The summed E-state index contributed by atoms with van der Waals surface area (Å²) in [5, 5.41) is 1.27. The number of benzene rings is 3. The maximum atomic E-state index is 4.01. The lowest BCUT2D eigenvalue weighted by Gasteiger charge is -2.14. The molecule has 0 aliphatic rings. The van der Waals surface area contributed by atoms with E-state index >= 15 is 0 Å². The van der Waals surface area contributed by atoms with E-state index < -0.39 is 0 Å². The molecule has 0 fully saturated rings. The molecule has 0 spiro atoms. The summed E-state index contributed by atoms with van der Waals surface area (Å²) in [6, 6.07) is 24.1. The molecule has 0 aromatic heterocycles. The lowest BCUT2D eigenvalue weighted by Crippen LogP contribution is -1.98. The van der Waals surface area contributed by atoms with Crippen molar-refractivity contribution in [2.24, 2.45) is 0 Å². The molecule has 0 radical (unpaired) electrons. The summed E-state index contributed by atoms with van der Waals surface area (Å²) < 4.78 is 0. The van der Waals surface area contributed by atoms with Gasteiger partial charge in [-0.05, 0) is 58.9 Å². The van der Waals surface area contributed by atoms with Crippen LogP contribution in [0.15, 0.2) is 66.7 Å². The molecule has 0 amide bonds. The molecule has 0 unspecified atom stereocenters. The van der Waals surface area contributed by atoms with E-state index in [1.165, 1.54) is 38.7 Å². The molecule has 3 aromatic rings. The van der Waals surface area contributed by atoms with E-state index in [4.69, 9.17) is 0 Å². The average Bonchev–Trinajstić information content (AvgIpc) is 2.62. The Morgan fingerprint density at radius 2 is 1.61 bits per heavy atom. The van der Waals surface area contributed by atoms with Crippen LogP contribution in [-0.2, 0) is 6.42 Å². The smallest absolute Gasteiger partial charge is 0.00184 e. The number of rotatable bonds is 4. The molecule has 0 bridgehead atoms. The van der Waals surface area contributed by atoms with Crippen LogP contribution in [0, 0.1) is 6.92 Å². The second-order valence-electron chi connectivity index (χ2n) is 5.75. The zero-order chi connectivity index (χ0) is 16.2. The molecule has 0 heterocycles. The lowest BCUT2D eigenvalue weighted by molar-refractivity contribution is 1.14. The highest BCUT2D eigenvalue weighted by Gasteiger charge is 2.09. The van der Waals surface area contributed by atoms with Gasteiger partial charge >= 0.3 is 0 Å². The molecule has 0 saturated heterocycles. The van der Waals surface area contributed by atoms with Crippen molar-refractivity contribution in [3.05, 3.63) is 77.9 Å². The van der Waals surface area contributed by atoms with E-state index in [1.54, 1.807) is 0 Å². The van der Waals surface area contributed by atoms with Crippen molar-refractivity contribution in [2.45, 2.75) is 20.3 Å². The summed E-state index contributed by atoms with van der Waals surface area (Å²) in [7, 11) is 1.07. The van der Waals surface area contributed by atoms with Crippen LogP contribution in [0.3, 0.4) is 0 Å². The molecular weight excluding hydrogens is 295 g/mol. The van der Waals surface area contributed by atoms with Gasteiger partial charge in [-0.15, -0.1) is 0 Å². The first-order chi connectivity index (χ1) is 11.2. The fourth-order valence-corrected chi connectivity index (χ4v) is 3.34. The van der Waals surface area contributed by atoms with Crippen LogP contribution in [-0.4, -0.2) is 6.30 Å². The van der Waals surface area contributed by atoms with E-state index in [-0.39, 0.29) is 0 Å². The Bertz CT molecular complexity index is 832. The monoisotopic (exact) mass is 316 g/mol. The largest absolute Gasteiger partial charge is 0.0764 e. The zero-order valence-electron chi connectivity index (χ0n) is 13.7. The van der Waals surface area contributed by atoms with Crippen LogP contribution in [0.25, 0.3) is 22.3 Å². The van der Waals surface area contributed by atoms with Crippen LogP contribution in [0.5, 0.6) is 0 Å². The normalized spacial score (nSPS) is 10.9. The molecule has 0 atom stereocenters. The molecule has 3 aromatic carbocycles. The number of hydrogen-bond acceptors (Lipinski definition) is 0. The third-order valence-corrected chi connectivity index (χ3v) is 4.94. The fourth-order valence-electron chi connectivity index (χ4n) is 2.94. The SMILES string of the molecule is C=Pc1ccc(CC)c(-c2cc(-c3ccccc3)ccc2C)c1. The molecule has 0 aliphatic carbocycles. The first-order valence-corrected chi connectivity index (χ1v) is 9.07. The van der Waals surface area contributed by atoms with Crippen LogP contribution in [0.4, 0.5) is 0 Å². The van der Waals surface area contributed by atoms with Crippen LogP contribution in [0.2, 0.25) is 0 Å². The predicted molar refractivity (Wildman–Crippen MR) is 105 cm³/mol. The molecule has 0 N–H and O–H groups in total. The van der Waals surface area contributed by atoms with Gasteiger partial charge in [-0.2, -0.15) is 0 Å². The molecule has 23 heavy (non-hydrogen) atoms. The van der Waals surface area contributed by atoms with Crippen molar-refractivity contribution < 1.29 is 0 Å². The maximum absolute atomic E-state index is 4.01. The predicted octanol–water partition coefficient (Wildman–Crippen LogP) is 5.89. The summed E-state index contributed by atoms with van der Waals surface area (Å²) in [6.07, 6.45) is 5.05. The topological polar surface area (TPSA) is 0 Å². The van der Waals surface area contributed by atoms with Crippen molar-refractivity contribution in [1.82, 2.24) is 0 Å². The summed E-state index contributed by atoms with van der Waals surface area (Å²) in [6.45, 7) is 4.41. The highest BCUT2D eigenvalue weighted by atomic mass is 31.1. The molecule has 114 valence electrons. The van der Waals surface area contributed by atoms with Crippen molar-refractivity contribution in [2.75, 3.05) is 0 Å². The second kappa shape index (κ2) is 6.94. The molecule has 3 rings (SSSR count). The Morgan fingerprint density at radius 3 is 2.30 bits per heavy atom. The number of aryl methyl sites for hydroxylation is 2. The Labute approximate surface area is 140 Å². The van der Waals surface area contributed by atoms with Gasteiger partial charge < -0.3 is 0 Å². The van der Waals surface area contributed by atoms with Crippen molar-refractivity contribution >= 4 is 19.8 Å². The molecule has 0 saturated carbocycles. The van der Waals surface area contributed by atoms with E-state index in [0.29, 0.717) is 0 Å². The quantitative estimate of drug-likeness (QED) is 0.526. The van der Waals surface area contributed by atoms with Crippen LogP contribution in [0.1, 0.15) is 18.1 Å². The van der Waals surface area contributed by atoms with Gasteiger partial charge in [0.25, 0.3) is 0 Å². The first-order valence-electron chi connectivity index (χ1n) is 7.99. The molecule has 0 nitrogen and oxygen atoms in total. The molecule has 0 aliphatic heterocycles. The minimum atomic E-state index is 1.04. The highest BCUT2D eigenvalue weighted by molar-refractivity contribution is 7.45. The van der Waals surface area contributed by atoms with E-state index in [1.807, 2.05) is 0 Å². The van der Waals surface area contributed by atoms with Crippen LogP contribution < -0.4 is 5.30 Å². The van der Waals surface area contributed by atoms with Gasteiger partial charge in [-0.3, -0.25) is 0 Å². The first kappa shape index (κ1) is 15.7. The third kappa shape index (κ3) is 3.28. The Hall–Kier alpha value is -2.17. The number of hydrogen-bond donors (Lipinski definition) is 0. The van der Waals surface area contributed by atoms with Gasteiger partial charge in [0.05, 0.1) is 0 Å². The minimum absolute atomic E-state index is 1.04. The lowest BCUT2D eigenvalue weighted by atomic mass is 9.92. The highest BCUT2D eigenvalue weighted by Crippen LogP contribution is 2.31. The van der Waals surface area contributed by atoms with Crippen molar-refractivity contribution in [1.29, 1.82) is 0 Å². The molecule has 1 heteroatoms. The summed E-state index contributed by atoms with van der Waals surface area (Å²) in [5.74, 6) is 0. The summed E-state index contributed by atoms with van der Waals surface area (Å²) in [4.78, 5) is 0. The van der Waals surface area contributed by atoms with E-state index in [9.17, 15) is 0 Å². The third-order valence-electron chi connectivity index (χ3n) is 4.29. The summed E-state index contributed by atoms with van der Waals surface area (Å²) in [5.41, 5.74) is 7.91. The fraction of sp³-hybridized carbons (Fsp3) is 0.136.